The van der Waals surface area contributed by atoms with Crippen molar-refractivity contribution in [3.8, 4) is 0 Å². The molecule has 1 amide bonds. The van der Waals surface area contributed by atoms with Crippen molar-refractivity contribution in [1.82, 2.24) is 5.32 Å². The Kier molecular flexibility index (Phi) is 3.02. The zero-order valence-electron chi connectivity index (χ0n) is 9.12. The Balaban J connectivity index is 2.45. The van der Waals surface area contributed by atoms with Crippen LogP contribution in [0.3, 0.4) is 0 Å². The summed E-state index contributed by atoms with van der Waals surface area (Å²) in [6, 6.07) is -0.674. The minimum absolute atomic E-state index is 0.304. The second kappa shape index (κ2) is 3.92. The molecule has 1 saturated heterocycles. The Hall–Kier alpha value is -1.52. The standard InChI is InChI=1S/C10H15NO4/c1-6-5-7(8(12)14-6)11-9(13)15-10(2,3)4/h7H,1,5H2,2-4H3,(H,11,13). The maximum atomic E-state index is 11.3. The first-order valence-corrected chi connectivity index (χ1v) is 4.67. The number of carbonyl (C=O) groups excluding carboxylic acids is 2. The summed E-state index contributed by atoms with van der Waals surface area (Å²) >= 11 is 0. The first-order chi connectivity index (χ1) is 6.78. The second-order valence-corrected chi connectivity index (χ2v) is 4.36. The van der Waals surface area contributed by atoms with Gasteiger partial charge in [-0.05, 0) is 20.8 Å². The van der Waals surface area contributed by atoms with Gasteiger partial charge in [0, 0.05) is 6.42 Å². The first kappa shape index (κ1) is 11.6. The number of hydrogen-bond acceptors (Lipinski definition) is 4. The summed E-state index contributed by atoms with van der Waals surface area (Å²) in [5.74, 6) is -0.132. The number of amides is 1. The largest absolute Gasteiger partial charge is 0.444 e. The van der Waals surface area contributed by atoms with E-state index in [2.05, 4.69) is 11.9 Å². The van der Waals surface area contributed by atoms with Crippen molar-refractivity contribution in [2.24, 2.45) is 0 Å². The molecule has 1 fully saturated rings. The highest BCUT2D eigenvalue weighted by Gasteiger charge is 2.32. The van der Waals surface area contributed by atoms with Gasteiger partial charge in [0.25, 0.3) is 0 Å². The maximum Gasteiger partial charge on any atom is 0.408 e. The molecule has 0 radical (unpaired) electrons. The molecule has 0 aromatic heterocycles. The van der Waals surface area contributed by atoms with E-state index in [1.54, 1.807) is 20.8 Å². The van der Waals surface area contributed by atoms with Crippen LogP contribution in [0.15, 0.2) is 12.3 Å². The summed E-state index contributed by atoms with van der Waals surface area (Å²) in [4.78, 5) is 22.4. The SMILES string of the molecule is C=C1CC(NC(=O)OC(C)(C)C)C(=O)O1. The number of ether oxygens (including phenoxy) is 2. The molecule has 1 aliphatic rings. The summed E-state index contributed by atoms with van der Waals surface area (Å²) in [5, 5.41) is 2.42. The van der Waals surface area contributed by atoms with E-state index in [1.807, 2.05) is 0 Å². The van der Waals surface area contributed by atoms with Crippen LogP contribution in [0, 0.1) is 0 Å². The number of alkyl carbamates (subject to hydrolysis) is 1. The summed E-state index contributed by atoms with van der Waals surface area (Å²) in [6.45, 7) is 8.75. The first-order valence-electron chi connectivity index (χ1n) is 4.67. The van der Waals surface area contributed by atoms with Crippen LogP contribution in [-0.4, -0.2) is 23.7 Å². The van der Waals surface area contributed by atoms with Crippen LogP contribution in [-0.2, 0) is 14.3 Å². The lowest BCUT2D eigenvalue weighted by atomic mass is 10.2. The molecule has 1 unspecified atom stereocenters. The normalized spacial score (nSPS) is 21.1. The zero-order chi connectivity index (χ0) is 11.6. The van der Waals surface area contributed by atoms with E-state index < -0.39 is 23.7 Å². The molecule has 1 N–H and O–H groups in total. The third-order valence-electron chi connectivity index (χ3n) is 1.65. The quantitative estimate of drug-likeness (QED) is 0.667. The van der Waals surface area contributed by atoms with Crippen LogP contribution in [0.2, 0.25) is 0 Å². The van der Waals surface area contributed by atoms with Crippen molar-refractivity contribution in [1.29, 1.82) is 0 Å². The minimum atomic E-state index is -0.674. The second-order valence-electron chi connectivity index (χ2n) is 4.36. The van der Waals surface area contributed by atoms with E-state index >= 15 is 0 Å². The van der Waals surface area contributed by atoms with Gasteiger partial charge in [-0.15, -0.1) is 0 Å². The number of cyclic esters (lactones) is 1. The number of nitrogens with one attached hydrogen (secondary N) is 1. The van der Waals surface area contributed by atoms with Crippen molar-refractivity contribution in [2.45, 2.75) is 38.8 Å². The molecule has 0 aliphatic carbocycles. The van der Waals surface area contributed by atoms with Gasteiger partial charge in [0.1, 0.15) is 17.4 Å². The van der Waals surface area contributed by atoms with Gasteiger partial charge in [0.15, 0.2) is 0 Å². The predicted molar refractivity (Wildman–Crippen MR) is 53.0 cm³/mol. The molecule has 84 valence electrons. The molecule has 0 bridgehead atoms. The fraction of sp³-hybridized carbons (Fsp3) is 0.600. The van der Waals surface area contributed by atoms with Gasteiger partial charge in [-0.3, -0.25) is 0 Å². The molecule has 0 saturated carbocycles. The van der Waals surface area contributed by atoms with Gasteiger partial charge in [0.2, 0.25) is 0 Å². The highest BCUT2D eigenvalue weighted by Crippen LogP contribution is 2.17. The van der Waals surface area contributed by atoms with E-state index in [4.69, 9.17) is 9.47 Å². The number of hydrogen-bond donors (Lipinski definition) is 1. The molecule has 1 rings (SSSR count). The van der Waals surface area contributed by atoms with Crippen molar-refractivity contribution in [3.05, 3.63) is 12.3 Å². The van der Waals surface area contributed by atoms with Gasteiger partial charge in [-0.1, -0.05) is 6.58 Å². The van der Waals surface area contributed by atoms with E-state index in [0.717, 1.165) is 0 Å². The van der Waals surface area contributed by atoms with Crippen LogP contribution in [0.4, 0.5) is 4.79 Å². The molecule has 5 nitrogen and oxygen atoms in total. The zero-order valence-corrected chi connectivity index (χ0v) is 9.12. The molecule has 1 aliphatic heterocycles. The molecule has 5 heteroatoms. The molecular weight excluding hydrogens is 198 g/mol. The van der Waals surface area contributed by atoms with Gasteiger partial charge >= 0.3 is 12.1 Å². The highest BCUT2D eigenvalue weighted by molar-refractivity contribution is 5.84. The van der Waals surface area contributed by atoms with Crippen molar-refractivity contribution < 1.29 is 19.1 Å². The van der Waals surface area contributed by atoms with Crippen molar-refractivity contribution in [3.63, 3.8) is 0 Å². The Bertz CT molecular complexity index is 303. The molecule has 0 aromatic rings. The minimum Gasteiger partial charge on any atom is -0.444 e. The fourth-order valence-electron chi connectivity index (χ4n) is 1.13. The average Bonchev–Trinajstić information content (AvgIpc) is 2.25. The Morgan fingerprint density at radius 2 is 2.20 bits per heavy atom. The molecule has 1 atom stereocenters. The van der Waals surface area contributed by atoms with Gasteiger partial charge in [0.05, 0.1) is 0 Å². The third-order valence-corrected chi connectivity index (χ3v) is 1.65. The Labute approximate surface area is 88.4 Å². The lowest BCUT2D eigenvalue weighted by Gasteiger charge is -2.20. The molecular formula is C10H15NO4. The summed E-state index contributed by atoms with van der Waals surface area (Å²) in [7, 11) is 0. The van der Waals surface area contributed by atoms with E-state index in [9.17, 15) is 9.59 Å². The third kappa shape index (κ3) is 3.61. The van der Waals surface area contributed by atoms with Crippen molar-refractivity contribution >= 4 is 12.1 Å². The lowest BCUT2D eigenvalue weighted by Crippen LogP contribution is -2.41. The Morgan fingerprint density at radius 1 is 1.60 bits per heavy atom. The van der Waals surface area contributed by atoms with Crippen LogP contribution >= 0.6 is 0 Å². The molecule has 1 heterocycles. The lowest BCUT2D eigenvalue weighted by molar-refractivity contribution is -0.137. The van der Waals surface area contributed by atoms with E-state index in [-0.39, 0.29) is 0 Å². The Morgan fingerprint density at radius 3 is 2.60 bits per heavy atom. The van der Waals surface area contributed by atoms with Crippen molar-refractivity contribution in [2.75, 3.05) is 0 Å². The monoisotopic (exact) mass is 213 g/mol. The molecule has 0 spiro atoms. The smallest absolute Gasteiger partial charge is 0.408 e. The summed E-state index contributed by atoms with van der Waals surface area (Å²) in [5.41, 5.74) is -0.580. The molecule has 0 aromatic carbocycles. The maximum absolute atomic E-state index is 11.3. The van der Waals surface area contributed by atoms with Crippen LogP contribution in [0.1, 0.15) is 27.2 Å². The van der Waals surface area contributed by atoms with Gasteiger partial charge in [-0.2, -0.15) is 0 Å². The van der Waals surface area contributed by atoms with E-state index in [1.165, 1.54) is 0 Å². The summed E-state index contributed by atoms with van der Waals surface area (Å²) in [6.07, 6.45) is -0.322. The van der Waals surface area contributed by atoms with Gasteiger partial charge < -0.3 is 14.8 Å². The summed E-state index contributed by atoms with van der Waals surface area (Å²) < 4.78 is 9.70. The highest BCUT2D eigenvalue weighted by atomic mass is 16.6. The molecule has 15 heavy (non-hydrogen) atoms. The predicted octanol–water partition coefficient (Wildman–Crippen LogP) is 1.34. The number of rotatable bonds is 1. The average molecular weight is 213 g/mol. The number of carbonyl (C=O) groups is 2. The van der Waals surface area contributed by atoms with Crippen LogP contribution in [0.5, 0.6) is 0 Å². The van der Waals surface area contributed by atoms with Crippen LogP contribution in [0.25, 0.3) is 0 Å². The van der Waals surface area contributed by atoms with Gasteiger partial charge in [-0.25, -0.2) is 9.59 Å². The number of esters is 1. The topological polar surface area (TPSA) is 64.6 Å². The van der Waals surface area contributed by atoms with Crippen LogP contribution < -0.4 is 5.32 Å². The fourth-order valence-corrected chi connectivity index (χ4v) is 1.13. The van der Waals surface area contributed by atoms with E-state index in [0.29, 0.717) is 12.2 Å².